The Balaban J connectivity index is 2.53. The van der Waals surface area contributed by atoms with E-state index in [4.69, 9.17) is 48.9 Å². The maximum atomic E-state index is 5.19. The van der Waals surface area contributed by atoms with Gasteiger partial charge in [-0.2, -0.15) is 0 Å². The summed E-state index contributed by atoms with van der Waals surface area (Å²) in [5, 5.41) is 1.13. The molecule has 108 valence electrons. The van der Waals surface area contributed by atoms with Crippen molar-refractivity contribution < 1.29 is 0 Å². The van der Waals surface area contributed by atoms with E-state index in [0.717, 1.165) is 0 Å². The monoisotopic (exact) mass is 388 g/mol. The molecule has 2 aromatic rings. The number of hydrogen-bond donors (Lipinski definition) is 6. The van der Waals surface area contributed by atoms with E-state index in [1.54, 1.807) is 12.2 Å². The fourth-order valence-corrected chi connectivity index (χ4v) is 3.39. The average molecular weight is 389 g/mol. The van der Waals surface area contributed by atoms with Crippen LogP contribution in [-0.4, -0.2) is 19.9 Å². The van der Waals surface area contributed by atoms with Crippen LogP contribution < -0.4 is 0 Å². The van der Waals surface area contributed by atoms with Crippen LogP contribution in [0.4, 0.5) is 0 Å². The van der Waals surface area contributed by atoms with E-state index in [2.05, 4.69) is 50.9 Å². The minimum absolute atomic E-state index is 0.418. The molecule has 4 nitrogen and oxygen atoms in total. The maximum Gasteiger partial charge on any atom is 0.176 e. The summed E-state index contributed by atoms with van der Waals surface area (Å²) < 4.78 is 1.80. The first-order valence-electron chi connectivity index (χ1n) is 5.42. The highest BCUT2D eigenvalue weighted by molar-refractivity contribution is 7.80. The minimum atomic E-state index is 0.418. The summed E-state index contributed by atoms with van der Waals surface area (Å²) in [6.45, 7) is 0. The number of hydrogen-bond acceptors (Lipinski definition) is 6. The maximum absolute atomic E-state index is 5.19. The van der Waals surface area contributed by atoms with Crippen LogP contribution in [0, 0.1) is 18.8 Å². The van der Waals surface area contributed by atoms with E-state index in [1.165, 1.54) is 0 Å². The Morgan fingerprint density at radius 3 is 1.43 bits per heavy atom. The van der Waals surface area contributed by atoms with Crippen LogP contribution in [0.5, 0.6) is 0 Å². The summed E-state index contributed by atoms with van der Waals surface area (Å²) in [5.41, 5.74) is 4.35. The molecule has 2 rings (SSSR count). The summed E-state index contributed by atoms with van der Waals surface area (Å²) in [7, 11) is 0. The summed E-state index contributed by atoms with van der Waals surface area (Å²) in [4.78, 5) is 11.4. The van der Waals surface area contributed by atoms with Crippen molar-refractivity contribution >= 4 is 86.3 Å². The third-order valence-corrected chi connectivity index (χ3v) is 4.13. The van der Waals surface area contributed by atoms with Crippen molar-refractivity contribution in [1.29, 1.82) is 0 Å². The molecule has 0 saturated carbocycles. The Bertz CT molecular complexity index is 906. The van der Waals surface area contributed by atoms with E-state index in [9.17, 15) is 0 Å². The molecular formula is C11H8N4S6. The Hall–Kier alpha value is -0.740. The number of H-pyrrole nitrogens is 4. The first kappa shape index (κ1) is 16.6. The Morgan fingerprint density at radius 1 is 0.714 bits per heavy atom. The zero-order valence-electron chi connectivity index (χ0n) is 10.2. The van der Waals surface area contributed by atoms with Gasteiger partial charge in [0.1, 0.15) is 9.28 Å². The van der Waals surface area contributed by atoms with Crippen molar-refractivity contribution in [1.82, 2.24) is 19.9 Å². The van der Waals surface area contributed by atoms with Gasteiger partial charge in [-0.05, 0) is 36.6 Å². The second-order valence-electron chi connectivity index (χ2n) is 3.80. The van der Waals surface area contributed by atoms with E-state index in [0.29, 0.717) is 40.0 Å². The standard InChI is InChI=1S/C11H8N4S6/c16-6-4(7(17)13-10(20)12-6)2-1-3-5-8(18)14-11(21)15-9(5)19/h2-3H,(H3,12,13,16,17,20)(H3,14,15,18,19,21). The van der Waals surface area contributed by atoms with Crippen LogP contribution >= 0.6 is 74.1 Å². The highest BCUT2D eigenvalue weighted by atomic mass is 32.1. The van der Waals surface area contributed by atoms with Crippen molar-refractivity contribution in [2.24, 2.45) is 0 Å². The molecule has 2 heterocycles. The minimum Gasteiger partial charge on any atom is -0.327 e. The quantitative estimate of drug-likeness (QED) is 0.193. The highest BCUT2D eigenvalue weighted by Gasteiger charge is 1.99. The molecule has 21 heavy (non-hydrogen) atoms. The van der Waals surface area contributed by atoms with Gasteiger partial charge in [-0.15, -0.1) is 31.0 Å². The number of thiol groups is 2. The summed E-state index contributed by atoms with van der Waals surface area (Å²) in [6.07, 6.45) is 3.35. The molecule has 0 aromatic carbocycles. The molecule has 0 spiro atoms. The number of nitrogens with one attached hydrogen (secondary N) is 4. The normalized spacial score (nSPS) is 10.0. The van der Waals surface area contributed by atoms with Crippen LogP contribution in [-0.2, 0) is 0 Å². The lowest BCUT2D eigenvalue weighted by atomic mass is 10.3. The summed E-state index contributed by atoms with van der Waals surface area (Å²) in [5.74, 6) is 0. The highest BCUT2D eigenvalue weighted by Crippen LogP contribution is 2.15. The molecule has 2 aromatic heterocycles. The Labute approximate surface area is 151 Å². The molecule has 4 N–H and O–H groups in total. The number of aromatic amines is 4. The fourth-order valence-electron chi connectivity index (χ4n) is 1.44. The van der Waals surface area contributed by atoms with Gasteiger partial charge in [0.15, 0.2) is 9.54 Å². The molecule has 0 atom stereocenters. The smallest absolute Gasteiger partial charge is 0.176 e. The van der Waals surface area contributed by atoms with E-state index in [1.807, 2.05) is 0 Å². The van der Waals surface area contributed by atoms with Crippen molar-refractivity contribution in [3.8, 4) is 0 Å². The molecule has 0 bridgehead atoms. The van der Waals surface area contributed by atoms with Gasteiger partial charge in [-0.1, -0.05) is 24.4 Å². The molecule has 10 heteroatoms. The van der Waals surface area contributed by atoms with Gasteiger partial charge in [0.05, 0.1) is 10.1 Å². The first-order valence-corrected chi connectivity index (χ1v) is 7.95. The van der Waals surface area contributed by atoms with Crippen LogP contribution in [0.2, 0.25) is 0 Å². The molecule has 0 saturated heterocycles. The zero-order valence-corrected chi connectivity index (χ0v) is 15.2. The summed E-state index contributed by atoms with van der Waals surface area (Å²) >= 11 is 28.9. The summed E-state index contributed by atoms with van der Waals surface area (Å²) in [6, 6.07) is 0. The number of rotatable bonds is 2. The molecule has 0 fully saturated rings. The number of aromatic nitrogens is 4. The van der Waals surface area contributed by atoms with Crippen molar-refractivity contribution in [3.05, 3.63) is 35.7 Å². The SMILES string of the molecule is S=c1[nH]c(S)c(C=C=Cc2c(S)[nH]c(=S)[nH]c2=S)c(=S)[nH]1. The Morgan fingerprint density at radius 2 is 1.10 bits per heavy atom. The second kappa shape index (κ2) is 7.01. The van der Waals surface area contributed by atoms with Gasteiger partial charge in [-0.3, -0.25) is 0 Å². The fraction of sp³-hybridized carbons (Fsp3) is 0. The molecule has 0 unspecified atom stereocenters. The van der Waals surface area contributed by atoms with Crippen molar-refractivity contribution in [2.45, 2.75) is 10.1 Å². The first-order chi connectivity index (χ1) is 9.88. The third kappa shape index (κ3) is 4.13. The molecule has 0 radical (unpaired) electrons. The molecule has 0 amide bonds. The van der Waals surface area contributed by atoms with Crippen LogP contribution in [0.15, 0.2) is 15.8 Å². The van der Waals surface area contributed by atoms with E-state index < -0.39 is 0 Å². The van der Waals surface area contributed by atoms with Gasteiger partial charge in [0.2, 0.25) is 0 Å². The Kier molecular flexibility index (Phi) is 5.55. The van der Waals surface area contributed by atoms with Crippen molar-refractivity contribution in [2.75, 3.05) is 0 Å². The average Bonchev–Trinajstić information content (AvgIpc) is 2.34. The second-order valence-corrected chi connectivity index (χ2v) is 6.32. The largest absolute Gasteiger partial charge is 0.327 e. The predicted molar refractivity (Wildman–Crippen MR) is 101 cm³/mol. The third-order valence-electron chi connectivity index (χ3n) is 2.37. The lowest BCUT2D eigenvalue weighted by Crippen LogP contribution is -1.90. The molecular weight excluding hydrogens is 381 g/mol. The molecule has 0 aliphatic rings. The van der Waals surface area contributed by atoms with Gasteiger partial charge in [0, 0.05) is 11.1 Å². The van der Waals surface area contributed by atoms with Crippen molar-refractivity contribution in [3.63, 3.8) is 0 Å². The van der Waals surface area contributed by atoms with Gasteiger partial charge < -0.3 is 19.9 Å². The topological polar surface area (TPSA) is 63.2 Å². The van der Waals surface area contributed by atoms with Gasteiger partial charge in [0.25, 0.3) is 0 Å². The van der Waals surface area contributed by atoms with Crippen LogP contribution in [0.3, 0.4) is 0 Å². The van der Waals surface area contributed by atoms with Gasteiger partial charge in [-0.25, -0.2) is 0 Å². The predicted octanol–water partition coefficient (Wildman–Crippen LogP) is 4.82. The lowest BCUT2D eigenvalue weighted by molar-refractivity contribution is 1.00. The zero-order chi connectivity index (χ0) is 15.6. The molecule has 0 aliphatic heterocycles. The van der Waals surface area contributed by atoms with Gasteiger partial charge >= 0.3 is 0 Å². The van der Waals surface area contributed by atoms with E-state index >= 15 is 0 Å². The van der Waals surface area contributed by atoms with Crippen LogP contribution in [0.1, 0.15) is 11.1 Å². The molecule has 0 aliphatic carbocycles. The van der Waals surface area contributed by atoms with E-state index in [-0.39, 0.29) is 0 Å². The van der Waals surface area contributed by atoms with Crippen LogP contribution in [0.25, 0.3) is 12.2 Å². The lowest BCUT2D eigenvalue weighted by Gasteiger charge is -1.99.